The lowest BCUT2D eigenvalue weighted by Crippen LogP contribution is -2.21. The van der Waals surface area contributed by atoms with Gasteiger partial charge in [-0.3, -0.25) is 4.68 Å². The lowest BCUT2D eigenvalue weighted by molar-refractivity contribution is 0.572. The summed E-state index contributed by atoms with van der Waals surface area (Å²) in [6.45, 7) is 6.31. The van der Waals surface area contributed by atoms with Crippen molar-refractivity contribution < 1.29 is 0 Å². The number of hydrogen-bond acceptors (Lipinski definition) is 3. The van der Waals surface area contributed by atoms with Crippen LogP contribution in [0.3, 0.4) is 0 Å². The van der Waals surface area contributed by atoms with E-state index in [1.54, 1.807) is 0 Å². The second-order valence-corrected chi connectivity index (χ2v) is 4.43. The summed E-state index contributed by atoms with van der Waals surface area (Å²) in [5, 5.41) is 7.83. The standard InChI is InChI=1S/C11H20N4/c1-4-12-7-8(2)11-13-10(9-5-6-9)14-15(11)3/h8-9,12H,4-7H2,1-3H3. The molecule has 0 saturated heterocycles. The highest BCUT2D eigenvalue weighted by Crippen LogP contribution is 2.38. The molecule has 2 rings (SSSR count). The van der Waals surface area contributed by atoms with Crippen LogP contribution in [0, 0.1) is 0 Å². The van der Waals surface area contributed by atoms with Crippen LogP contribution in [0.5, 0.6) is 0 Å². The van der Waals surface area contributed by atoms with Gasteiger partial charge in [0.2, 0.25) is 0 Å². The van der Waals surface area contributed by atoms with Crippen molar-refractivity contribution >= 4 is 0 Å². The summed E-state index contributed by atoms with van der Waals surface area (Å²) in [5.41, 5.74) is 0. The lowest BCUT2D eigenvalue weighted by Gasteiger charge is -2.09. The molecule has 0 aliphatic heterocycles. The van der Waals surface area contributed by atoms with Gasteiger partial charge in [0.15, 0.2) is 5.82 Å². The van der Waals surface area contributed by atoms with E-state index >= 15 is 0 Å². The molecule has 1 aromatic heterocycles. The smallest absolute Gasteiger partial charge is 0.154 e. The largest absolute Gasteiger partial charge is 0.316 e. The molecule has 4 nitrogen and oxygen atoms in total. The van der Waals surface area contributed by atoms with Gasteiger partial charge in [-0.05, 0) is 19.4 Å². The fraction of sp³-hybridized carbons (Fsp3) is 0.818. The van der Waals surface area contributed by atoms with Crippen molar-refractivity contribution in [1.82, 2.24) is 20.1 Å². The summed E-state index contributed by atoms with van der Waals surface area (Å²) >= 11 is 0. The van der Waals surface area contributed by atoms with Crippen LogP contribution >= 0.6 is 0 Å². The molecule has 84 valence electrons. The second-order valence-electron chi connectivity index (χ2n) is 4.43. The number of nitrogens with one attached hydrogen (secondary N) is 1. The molecule has 4 heteroatoms. The topological polar surface area (TPSA) is 42.7 Å². The number of aromatic nitrogens is 3. The third-order valence-electron chi connectivity index (χ3n) is 2.90. The van der Waals surface area contributed by atoms with Crippen LogP contribution in [-0.2, 0) is 7.05 Å². The summed E-state index contributed by atoms with van der Waals surface area (Å²) in [6, 6.07) is 0. The molecule has 1 aliphatic rings. The van der Waals surface area contributed by atoms with E-state index in [0.717, 1.165) is 24.7 Å². The lowest BCUT2D eigenvalue weighted by atomic mass is 10.1. The van der Waals surface area contributed by atoms with E-state index < -0.39 is 0 Å². The molecule has 0 aromatic carbocycles. The molecule has 1 unspecified atom stereocenters. The molecule has 1 heterocycles. The minimum Gasteiger partial charge on any atom is -0.316 e. The zero-order chi connectivity index (χ0) is 10.8. The number of aryl methyl sites for hydroxylation is 1. The monoisotopic (exact) mass is 208 g/mol. The summed E-state index contributed by atoms with van der Waals surface area (Å²) in [7, 11) is 2.00. The van der Waals surface area contributed by atoms with Gasteiger partial charge in [0.1, 0.15) is 5.82 Å². The van der Waals surface area contributed by atoms with E-state index in [9.17, 15) is 0 Å². The SMILES string of the molecule is CCNCC(C)c1nc(C2CC2)nn1C. The molecule has 0 amide bonds. The van der Waals surface area contributed by atoms with E-state index in [1.807, 2.05) is 11.7 Å². The van der Waals surface area contributed by atoms with Crippen molar-refractivity contribution in [1.29, 1.82) is 0 Å². The zero-order valence-corrected chi connectivity index (χ0v) is 9.82. The number of nitrogens with zero attached hydrogens (tertiary/aromatic N) is 3. The molecular weight excluding hydrogens is 188 g/mol. The van der Waals surface area contributed by atoms with Gasteiger partial charge >= 0.3 is 0 Å². The van der Waals surface area contributed by atoms with Crippen molar-refractivity contribution in [3.8, 4) is 0 Å². The Labute approximate surface area is 91.1 Å². The molecule has 0 radical (unpaired) electrons. The molecule has 1 aliphatic carbocycles. The number of hydrogen-bond donors (Lipinski definition) is 1. The van der Waals surface area contributed by atoms with Crippen molar-refractivity contribution in [2.45, 2.75) is 38.5 Å². The van der Waals surface area contributed by atoms with Crippen LogP contribution in [-0.4, -0.2) is 27.9 Å². The average molecular weight is 208 g/mol. The van der Waals surface area contributed by atoms with Gasteiger partial charge in [-0.25, -0.2) is 4.98 Å². The maximum absolute atomic E-state index is 4.64. The van der Waals surface area contributed by atoms with Gasteiger partial charge in [0.25, 0.3) is 0 Å². The molecule has 0 bridgehead atoms. The predicted molar refractivity (Wildman–Crippen MR) is 59.9 cm³/mol. The summed E-state index contributed by atoms with van der Waals surface area (Å²) < 4.78 is 1.94. The Kier molecular flexibility index (Phi) is 3.05. The minimum absolute atomic E-state index is 0.440. The van der Waals surface area contributed by atoms with Gasteiger partial charge in [-0.15, -0.1) is 0 Å². The molecule has 15 heavy (non-hydrogen) atoms. The van der Waals surface area contributed by atoms with E-state index in [2.05, 4.69) is 29.2 Å². The fourth-order valence-electron chi connectivity index (χ4n) is 1.81. The molecular formula is C11H20N4. The normalized spacial score (nSPS) is 18.1. The maximum Gasteiger partial charge on any atom is 0.154 e. The van der Waals surface area contributed by atoms with Gasteiger partial charge in [-0.2, -0.15) is 5.10 Å². The number of likely N-dealkylation sites (N-methyl/N-ethyl adjacent to an activating group) is 1. The average Bonchev–Trinajstić information content (AvgIpc) is 2.99. The Morgan fingerprint density at radius 3 is 2.87 bits per heavy atom. The van der Waals surface area contributed by atoms with E-state index in [1.165, 1.54) is 12.8 Å². The minimum atomic E-state index is 0.440. The Morgan fingerprint density at radius 2 is 2.27 bits per heavy atom. The molecule has 1 N–H and O–H groups in total. The van der Waals surface area contributed by atoms with Gasteiger partial charge in [0, 0.05) is 25.4 Å². The van der Waals surface area contributed by atoms with E-state index in [-0.39, 0.29) is 0 Å². The van der Waals surface area contributed by atoms with E-state index in [0.29, 0.717) is 11.8 Å². The molecule has 0 spiro atoms. The summed E-state index contributed by atoms with van der Waals surface area (Å²) in [6.07, 6.45) is 2.54. The Balaban J connectivity index is 2.05. The first-order valence-electron chi connectivity index (χ1n) is 5.84. The number of rotatable bonds is 5. The van der Waals surface area contributed by atoms with Crippen LogP contribution in [0.1, 0.15) is 50.2 Å². The molecule has 1 atom stereocenters. The Morgan fingerprint density at radius 1 is 1.53 bits per heavy atom. The van der Waals surface area contributed by atoms with E-state index in [4.69, 9.17) is 0 Å². The quantitative estimate of drug-likeness (QED) is 0.795. The van der Waals surface area contributed by atoms with Crippen molar-refractivity contribution in [3.05, 3.63) is 11.6 Å². The predicted octanol–water partition coefficient (Wildman–Crippen LogP) is 1.41. The van der Waals surface area contributed by atoms with Crippen LogP contribution in [0.4, 0.5) is 0 Å². The third-order valence-corrected chi connectivity index (χ3v) is 2.90. The fourth-order valence-corrected chi connectivity index (χ4v) is 1.81. The first-order valence-corrected chi connectivity index (χ1v) is 5.84. The molecule has 1 aromatic rings. The van der Waals surface area contributed by atoms with Crippen molar-refractivity contribution in [3.63, 3.8) is 0 Å². The summed E-state index contributed by atoms with van der Waals surface area (Å²) in [5.74, 6) is 3.25. The Hall–Kier alpha value is -0.900. The summed E-state index contributed by atoms with van der Waals surface area (Å²) in [4.78, 5) is 4.64. The highest BCUT2D eigenvalue weighted by molar-refractivity contribution is 5.08. The first-order chi connectivity index (χ1) is 7.22. The molecule has 1 saturated carbocycles. The third kappa shape index (κ3) is 2.37. The van der Waals surface area contributed by atoms with Crippen LogP contribution < -0.4 is 5.32 Å². The first kappa shape index (κ1) is 10.6. The van der Waals surface area contributed by atoms with Gasteiger partial charge in [-0.1, -0.05) is 13.8 Å². The van der Waals surface area contributed by atoms with Gasteiger partial charge < -0.3 is 5.32 Å². The molecule has 1 fully saturated rings. The highest BCUT2D eigenvalue weighted by Gasteiger charge is 2.29. The Bertz CT molecular complexity index is 327. The van der Waals surface area contributed by atoms with Crippen molar-refractivity contribution in [2.24, 2.45) is 7.05 Å². The van der Waals surface area contributed by atoms with Gasteiger partial charge in [0.05, 0.1) is 0 Å². The zero-order valence-electron chi connectivity index (χ0n) is 9.82. The second kappa shape index (κ2) is 4.31. The van der Waals surface area contributed by atoms with Crippen LogP contribution in [0.2, 0.25) is 0 Å². The van der Waals surface area contributed by atoms with Crippen molar-refractivity contribution in [2.75, 3.05) is 13.1 Å². The van der Waals surface area contributed by atoms with Crippen LogP contribution in [0.15, 0.2) is 0 Å². The highest BCUT2D eigenvalue weighted by atomic mass is 15.3. The van der Waals surface area contributed by atoms with Crippen LogP contribution in [0.25, 0.3) is 0 Å². The maximum atomic E-state index is 4.64.